The third-order valence-electron chi connectivity index (χ3n) is 8.08. The number of aryl methyl sites for hydroxylation is 1. The molecule has 30 heavy (non-hydrogen) atoms. The van der Waals surface area contributed by atoms with Gasteiger partial charge in [0.05, 0.1) is 6.07 Å². The molecule has 1 nitrogen and oxygen atoms in total. The molecular formula is C29H43N. The summed E-state index contributed by atoms with van der Waals surface area (Å²) in [5.41, 5.74) is 3.05. The van der Waals surface area contributed by atoms with E-state index in [9.17, 15) is 0 Å². The monoisotopic (exact) mass is 405 g/mol. The van der Waals surface area contributed by atoms with Crippen LogP contribution < -0.4 is 0 Å². The SMILES string of the molecule is CCc1ccc([C@H]2CC[C@H](CCCC[C@H]3CC[C@H](CCC=CC#N)CC3)CC2)cc1. The summed E-state index contributed by atoms with van der Waals surface area (Å²) in [6, 6.07) is 11.5. The first-order valence-corrected chi connectivity index (χ1v) is 12.9. The number of hydrogen-bond donors (Lipinski definition) is 0. The standard InChI is InChI=1S/C29H43N/c1-2-24-15-19-28(20-16-24)29-21-17-27(18-22-29)10-6-5-9-26-13-11-25(12-14-26)8-4-3-7-23-30/h3,7,15-16,19-20,25-27,29H,2,4-6,8-14,17-18,21-22H2,1H3/t25-,26-,27-,29-. The van der Waals surface area contributed by atoms with Gasteiger partial charge in [0.1, 0.15) is 0 Å². The van der Waals surface area contributed by atoms with Gasteiger partial charge in [-0.3, -0.25) is 0 Å². The minimum Gasteiger partial charge on any atom is -0.193 e. The third kappa shape index (κ3) is 7.61. The first kappa shape index (κ1) is 23.1. The molecule has 0 amide bonds. The van der Waals surface area contributed by atoms with Gasteiger partial charge < -0.3 is 0 Å². The summed E-state index contributed by atoms with van der Waals surface area (Å²) in [7, 11) is 0. The van der Waals surface area contributed by atoms with E-state index in [1.807, 2.05) is 6.08 Å². The van der Waals surface area contributed by atoms with Gasteiger partial charge in [-0.1, -0.05) is 88.6 Å². The Bertz CT molecular complexity index is 649. The Morgan fingerprint density at radius 3 is 1.87 bits per heavy atom. The summed E-state index contributed by atoms with van der Waals surface area (Å²) < 4.78 is 0. The molecule has 0 spiro atoms. The summed E-state index contributed by atoms with van der Waals surface area (Å²) in [5.74, 6) is 3.72. The molecule has 0 atom stereocenters. The smallest absolute Gasteiger partial charge is 0.0908 e. The number of rotatable bonds is 10. The van der Waals surface area contributed by atoms with E-state index in [0.717, 1.165) is 36.5 Å². The summed E-state index contributed by atoms with van der Waals surface area (Å²) >= 11 is 0. The lowest BCUT2D eigenvalue weighted by Gasteiger charge is -2.30. The van der Waals surface area contributed by atoms with Crippen molar-refractivity contribution < 1.29 is 0 Å². The lowest BCUT2D eigenvalue weighted by molar-refractivity contribution is 0.244. The zero-order chi connectivity index (χ0) is 21.0. The minimum atomic E-state index is 0.817. The highest BCUT2D eigenvalue weighted by atomic mass is 14.3. The molecule has 0 unspecified atom stereocenters. The molecule has 0 aromatic heterocycles. The van der Waals surface area contributed by atoms with Crippen LogP contribution in [0, 0.1) is 29.1 Å². The molecule has 1 heteroatoms. The molecule has 2 aliphatic rings. The van der Waals surface area contributed by atoms with Crippen molar-refractivity contribution in [3.05, 3.63) is 47.5 Å². The van der Waals surface area contributed by atoms with Gasteiger partial charge in [-0.25, -0.2) is 0 Å². The number of unbranched alkanes of at least 4 members (excludes halogenated alkanes) is 1. The minimum absolute atomic E-state index is 0.817. The van der Waals surface area contributed by atoms with Crippen LogP contribution in [-0.4, -0.2) is 0 Å². The molecule has 1 aromatic carbocycles. The first-order valence-electron chi connectivity index (χ1n) is 12.9. The molecule has 0 N–H and O–H groups in total. The van der Waals surface area contributed by atoms with E-state index in [-0.39, 0.29) is 0 Å². The van der Waals surface area contributed by atoms with Crippen molar-refractivity contribution in [3.63, 3.8) is 0 Å². The second-order valence-corrected chi connectivity index (χ2v) is 10.1. The average Bonchev–Trinajstić information content (AvgIpc) is 2.81. The van der Waals surface area contributed by atoms with Crippen LogP contribution in [0.5, 0.6) is 0 Å². The Morgan fingerprint density at radius 2 is 1.33 bits per heavy atom. The number of nitriles is 1. The Balaban J connectivity index is 1.23. The van der Waals surface area contributed by atoms with Gasteiger partial charge in [-0.2, -0.15) is 5.26 Å². The van der Waals surface area contributed by atoms with Crippen LogP contribution in [0.25, 0.3) is 0 Å². The molecule has 0 radical (unpaired) electrons. The Kier molecular flexibility index (Phi) is 10.0. The third-order valence-corrected chi connectivity index (χ3v) is 8.08. The molecule has 0 saturated heterocycles. The first-order chi connectivity index (χ1) is 14.8. The zero-order valence-corrected chi connectivity index (χ0v) is 19.3. The van der Waals surface area contributed by atoms with Crippen LogP contribution in [0.3, 0.4) is 0 Å². The fourth-order valence-electron chi connectivity index (χ4n) is 5.95. The molecule has 1 aromatic rings. The maximum absolute atomic E-state index is 8.56. The van der Waals surface area contributed by atoms with Gasteiger partial charge in [-0.15, -0.1) is 0 Å². The van der Waals surface area contributed by atoms with Crippen LogP contribution in [0.4, 0.5) is 0 Å². The van der Waals surface area contributed by atoms with E-state index < -0.39 is 0 Å². The Hall–Kier alpha value is -1.55. The van der Waals surface area contributed by atoms with Gasteiger partial charge in [0.2, 0.25) is 0 Å². The lowest BCUT2D eigenvalue weighted by atomic mass is 9.76. The molecule has 2 aliphatic carbocycles. The summed E-state index contributed by atoms with van der Waals surface area (Å²) in [4.78, 5) is 0. The maximum atomic E-state index is 8.56. The van der Waals surface area contributed by atoms with Gasteiger partial charge >= 0.3 is 0 Å². The predicted octanol–water partition coefficient (Wildman–Crippen LogP) is 8.75. The van der Waals surface area contributed by atoms with Crippen LogP contribution in [0.15, 0.2) is 36.4 Å². The quantitative estimate of drug-likeness (QED) is 0.282. The number of allylic oxidation sites excluding steroid dienone is 2. The second kappa shape index (κ2) is 13.0. The predicted molar refractivity (Wildman–Crippen MR) is 128 cm³/mol. The Morgan fingerprint density at radius 1 is 0.800 bits per heavy atom. The van der Waals surface area contributed by atoms with Crippen LogP contribution in [0.1, 0.15) is 114 Å². The largest absolute Gasteiger partial charge is 0.193 e. The molecule has 0 aliphatic heterocycles. The van der Waals surface area contributed by atoms with E-state index in [0.29, 0.717) is 0 Å². The summed E-state index contributed by atoms with van der Waals surface area (Å²) in [6.45, 7) is 2.24. The molecule has 2 saturated carbocycles. The van der Waals surface area contributed by atoms with E-state index >= 15 is 0 Å². The lowest BCUT2D eigenvalue weighted by Crippen LogP contribution is -2.15. The second-order valence-electron chi connectivity index (χ2n) is 10.1. The van der Waals surface area contributed by atoms with E-state index in [2.05, 4.69) is 37.3 Å². The fourth-order valence-corrected chi connectivity index (χ4v) is 5.95. The van der Waals surface area contributed by atoms with Crippen LogP contribution >= 0.6 is 0 Å². The van der Waals surface area contributed by atoms with Crippen molar-refractivity contribution in [3.8, 4) is 6.07 Å². The van der Waals surface area contributed by atoms with Crippen LogP contribution in [-0.2, 0) is 6.42 Å². The summed E-state index contributed by atoms with van der Waals surface area (Å²) in [5, 5.41) is 8.56. The van der Waals surface area contributed by atoms with Gasteiger partial charge in [-0.05, 0) is 79.7 Å². The van der Waals surface area contributed by atoms with Gasteiger partial charge in [0, 0.05) is 6.08 Å². The fraction of sp³-hybridized carbons (Fsp3) is 0.690. The van der Waals surface area contributed by atoms with Crippen molar-refractivity contribution in [2.24, 2.45) is 17.8 Å². The van der Waals surface area contributed by atoms with Crippen molar-refractivity contribution in [2.45, 2.75) is 109 Å². The van der Waals surface area contributed by atoms with E-state index in [1.54, 1.807) is 11.6 Å². The highest BCUT2D eigenvalue weighted by Crippen LogP contribution is 2.38. The number of hydrogen-bond acceptors (Lipinski definition) is 1. The van der Waals surface area contributed by atoms with Crippen molar-refractivity contribution in [1.82, 2.24) is 0 Å². The molecule has 164 valence electrons. The normalized spacial score (nSPS) is 27.2. The zero-order valence-electron chi connectivity index (χ0n) is 19.3. The number of benzene rings is 1. The van der Waals surface area contributed by atoms with Gasteiger partial charge in [0.25, 0.3) is 0 Å². The van der Waals surface area contributed by atoms with E-state index in [4.69, 9.17) is 5.26 Å². The molecule has 0 bridgehead atoms. The number of nitrogens with zero attached hydrogens (tertiary/aromatic N) is 1. The topological polar surface area (TPSA) is 23.8 Å². The van der Waals surface area contributed by atoms with Crippen LogP contribution in [0.2, 0.25) is 0 Å². The highest BCUT2D eigenvalue weighted by molar-refractivity contribution is 5.25. The van der Waals surface area contributed by atoms with Crippen molar-refractivity contribution >= 4 is 0 Å². The highest BCUT2D eigenvalue weighted by Gasteiger charge is 2.23. The van der Waals surface area contributed by atoms with E-state index in [1.165, 1.54) is 89.0 Å². The van der Waals surface area contributed by atoms with Crippen molar-refractivity contribution in [2.75, 3.05) is 0 Å². The Labute approximate surface area is 186 Å². The van der Waals surface area contributed by atoms with Gasteiger partial charge in [0.15, 0.2) is 0 Å². The molecule has 2 fully saturated rings. The van der Waals surface area contributed by atoms with Crippen molar-refractivity contribution in [1.29, 1.82) is 5.26 Å². The summed E-state index contributed by atoms with van der Waals surface area (Å²) in [6.07, 6.45) is 24.5. The molecule has 3 rings (SSSR count). The molecular weight excluding hydrogens is 362 g/mol. The molecule has 0 heterocycles. The average molecular weight is 406 g/mol. The maximum Gasteiger partial charge on any atom is 0.0908 e.